The third-order valence-corrected chi connectivity index (χ3v) is 1.85. The molecule has 0 fully saturated rings. The van der Waals surface area contributed by atoms with Crippen molar-refractivity contribution in [3.8, 4) is 5.75 Å². The van der Waals surface area contributed by atoms with Gasteiger partial charge < -0.3 is 9.84 Å². The quantitative estimate of drug-likeness (QED) is 0.807. The van der Waals surface area contributed by atoms with Crippen molar-refractivity contribution in [3.63, 3.8) is 0 Å². The zero-order chi connectivity index (χ0) is 10.8. The summed E-state index contributed by atoms with van der Waals surface area (Å²) in [6.45, 7) is 5.11. The maximum Gasteiger partial charge on any atom is 0.165 e. The molecule has 0 saturated heterocycles. The van der Waals surface area contributed by atoms with Gasteiger partial charge in [-0.25, -0.2) is 4.39 Å². The number of aryl methyl sites for hydroxylation is 1. The van der Waals surface area contributed by atoms with Gasteiger partial charge in [0.05, 0.1) is 6.61 Å². The molecule has 3 heteroatoms. The molecule has 0 saturated carbocycles. The molecule has 0 aromatic heterocycles. The monoisotopic (exact) mass is 198 g/mol. The number of benzene rings is 1. The summed E-state index contributed by atoms with van der Waals surface area (Å²) in [5.74, 6) is -0.221. The third kappa shape index (κ3) is 2.70. The van der Waals surface area contributed by atoms with E-state index in [1.807, 2.05) is 6.92 Å². The topological polar surface area (TPSA) is 29.5 Å². The summed E-state index contributed by atoms with van der Waals surface area (Å²) in [5, 5.41) is 8.97. The summed E-state index contributed by atoms with van der Waals surface area (Å²) in [4.78, 5) is 0. The Labute approximate surface area is 83.3 Å². The lowest BCUT2D eigenvalue weighted by Gasteiger charge is -2.24. The average Bonchev–Trinajstić information content (AvgIpc) is 2.11. The van der Waals surface area contributed by atoms with Gasteiger partial charge in [-0.1, -0.05) is 6.07 Å². The number of ether oxygens (including phenoxy) is 1. The second kappa shape index (κ2) is 3.96. The molecule has 1 aromatic rings. The van der Waals surface area contributed by atoms with E-state index < -0.39 is 11.4 Å². The Kier molecular flexibility index (Phi) is 3.11. The summed E-state index contributed by atoms with van der Waals surface area (Å²) in [7, 11) is 0. The van der Waals surface area contributed by atoms with E-state index in [-0.39, 0.29) is 12.4 Å². The maximum atomic E-state index is 13.2. The van der Waals surface area contributed by atoms with Crippen LogP contribution in [0.1, 0.15) is 19.4 Å². The van der Waals surface area contributed by atoms with Gasteiger partial charge in [-0.15, -0.1) is 0 Å². The lowest BCUT2D eigenvalue weighted by molar-refractivity contribution is 0.0379. The van der Waals surface area contributed by atoms with E-state index in [4.69, 9.17) is 9.84 Å². The van der Waals surface area contributed by atoms with Gasteiger partial charge in [0.1, 0.15) is 5.60 Å². The van der Waals surface area contributed by atoms with E-state index in [9.17, 15) is 4.39 Å². The lowest BCUT2D eigenvalue weighted by atomic mass is 10.1. The first-order valence-corrected chi connectivity index (χ1v) is 4.51. The van der Waals surface area contributed by atoms with E-state index in [1.165, 1.54) is 6.07 Å². The Morgan fingerprint density at radius 3 is 2.64 bits per heavy atom. The molecule has 0 aliphatic rings. The van der Waals surface area contributed by atoms with Crippen molar-refractivity contribution in [2.24, 2.45) is 0 Å². The Balaban J connectivity index is 2.91. The summed E-state index contributed by atoms with van der Waals surface area (Å²) in [6, 6.07) is 4.65. The Hall–Kier alpha value is -1.09. The first-order chi connectivity index (χ1) is 6.44. The number of hydrogen-bond donors (Lipinski definition) is 1. The fourth-order valence-corrected chi connectivity index (χ4v) is 1.02. The van der Waals surface area contributed by atoms with Crippen LogP contribution in [-0.4, -0.2) is 17.3 Å². The van der Waals surface area contributed by atoms with Gasteiger partial charge in [0.2, 0.25) is 0 Å². The summed E-state index contributed by atoms with van der Waals surface area (Å²) in [5.41, 5.74) is 0.171. The molecule has 0 heterocycles. The van der Waals surface area contributed by atoms with Crippen LogP contribution in [0, 0.1) is 12.7 Å². The molecular formula is C11H15FO2. The van der Waals surface area contributed by atoms with E-state index in [2.05, 4.69) is 0 Å². The number of rotatable bonds is 3. The molecule has 0 spiro atoms. The van der Waals surface area contributed by atoms with Gasteiger partial charge >= 0.3 is 0 Å². The van der Waals surface area contributed by atoms with Crippen molar-refractivity contribution in [2.45, 2.75) is 26.4 Å². The normalized spacial score (nSPS) is 11.5. The predicted molar refractivity (Wildman–Crippen MR) is 52.9 cm³/mol. The highest BCUT2D eigenvalue weighted by Crippen LogP contribution is 2.22. The summed E-state index contributed by atoms with van der Waals surface area (Å²) < 4.78 is 18.6. The molecule has 14 heavy (non-hydrogen) atoms. The third-order valence-electron chi connectivity index (χ3n) is 1.85. The van der Waals surface area contributed by atoms with E-state index in [0.29, 0.717) is 0 Å². The molecular weight excluding hydrogens is 183 g/mol. The number of hydrogen-bond acceptors (Lipinski definition) is 2. The molecule has 0 bridgehead atoms. The molecule has 0 aliphatic heterocycles. The zero-order valence-electron chi connectivity index (χ0n) is 8.67. The fourth-order valence-electron chi connectivity index (χ4n) is 1.02. The predicted octanol–water partition coefficient (Wildman–Crippen LogP) is 2.28. The van der Waals surface area contributed by atoms with Crippen molar-refractivity contribution in [2.75, 3.05) is 6.61 Å². The Morgan fingerprint density at radius 2 is 2.07 bits per heavy atom. The first kappa shape index (κ1) is 11.0. The van der Waals surface area contributed by atoms with Crippen molar-refractivity contribution >= 4 is 0 Å². The summed E-state index contributed by atoms with van der Waals surface area (Å²) >= 11 is 0. The van der Waals surface area contributed by atoms with Crippen LogP contribution in [0.4, 0.5) is 4.39 Å². The first-order valence-electron chi connectivity index (χ1n) is 4.51. The maximum absolute atomic E-state index is 13.2. The largest absolute Gasteiger partial charge is 0.482 e. The molecule has 0 unspecified atom stereocenters. The minimum absolute atomic E-state index is 0.152. The van der Waals surface area contributed by atoms with Gasteiger partial charge in [0.25, 0.3) is 0 Å². The lowest BCUT2D eigenvalue weighted by Crippen LogP contribution is -2.32. The number of aliphatic hydroxyl groups excluding tert-OH is 1. The average molecular weight is 198 g/mol. The van der Waals surface area contributed by atoms with Crippen LogP contribution in [0.2, 0.25) is 0 Å². The molecule has 2 nitrogen and oxygen atoms in total. The molecule has 0 amide bonds. The molecule has 1 N–H and O–H groups in total. The highest BCUT2D eigenvalue weighted by atomic mass is 19.1. The number of aliphatic hydroxyl groups is 1. The summed E-state index contributed by atoms with van der Waals surface area (Å²) in [6.07, 6.45) is 0. The minimum Gasteiger partial charge on any atom is -0.482 e. The van der Waals surface area contributed by atoms with Gasteiger partial charge in [0, 0.05) is 0 Å². The molecule has 1 aromatic carbocycles. The zero-order valence-corrected chi connectivity index (χ0v) is 8.67. The van der Waals surface area contributed by atoms with E-state index >= 15 is 0 Å². The van der Waals surface area contributed by atoms with Crippen LogP contribution in [0.15, 0.2) is 18.2 Å². The minimum atomic E-state index is -0.755. The molecule has 0 radical (unpaired) electrons. The van der Waals surface area contributed by atoms with Crippen LogP contribution in [0.25, 0.3) is 0 Å². The molecule has 0 atom stereocenters. The Morgan fingerprint density at radius 1 is 1.43 bits per heavy atom. The van der Waals surface area contributed by atoms with Gasteiger partial charge in [-0.05, 0) is 38.5 Å². The van der Waals surface area contributed by atoms with E-state index in [0.717, 1.165) is 5.56 Å². The highest BCUT2D eigenvalue weighted by Gasteiger charge is 2.20. The van der Waals surface area contributed by atoms with Crippen molar-refractivity contribution in [3.05, 3.63) is 29.6 Å². The Bertz CT molecular complexity index is 321. The van der Waals surface area contributed by atoms with Crippen LogP contribution < -0.4 is 4.74 Å². The van der Waals surface area contributed by atoms with Crippen LogP contribution in [-0.2, 0) is 0 Å². The van der Waals surface area contributed by atoms with Crippen molar-refractivity contribution in [1.29, 1.82) is 0 Å². The van der Waals surface area contributed by atoms with Crippen LogP contribution in [0.3, 0.4) is 0 Å². The van der Waals surface area contributed by atoms with Crippen molar-refractivity contribution < 1.29 is 14.2 Å². The second-order valence-corrected chi connectivity index (χ2v) is 3.95. The molecule has 1 rings (SSSR count). The fraction of sp³-hybridized carbons (Fsp3) is 0.455. The standard InChI is InChI=1S/C11H15FO2/c1-8-4-5-9(12)10(6-8)14-11(2,3)7-13/h4-6,13H,7H2,1-3H3. The second-order valence-electron chi connectivity index (χ2n) is 3.95. The molecule has 78 valence electrons. The smallest absolute Gasteiger partial charge is 0.165 e. The number of halogens is 1. The SMILES string of the molecule is Cc1ccc(F)c(OC(C)(C)CO)c1. The van der Waals surface area contributed by atoms with Crippen LogP contribution in [0.5, 0.6) is 5.75 Å². The van der Waals surface area contributed by atoms with Crippen molar-refractivity contribution in [1.82, 2.24) is 0 Å². The van der Waals surface area contributed by atoms with Gasteiger partial charge in [0.15, 0.2) is 11.6 Å². The highest BCUT2D eigenvalue weighted by molar-refractivity contribution is 5.29. The molecule has 0 aliphatic carbocycles. The van der Waals surface area contributed by atoms with E-state index in [1.54, 1.807) is 26.0 Å². The van der Waals surface area contributed by atoms with Crippen LogP contribution >= 0.6 is 0 Å². The van der Waals surface area contributed by atoms with Gasteiger partial charge in [-0.3, -0.25) is 0 Å². The van der Waals surface area contributed by atoms with Gasteiger partial charge in [-0.2, -0.15) is 0 Å².